The summed E-state index contributed by atoms with van der Waals surface area (Å²) in [5, 5.41) is 15.3. The van der Waals surface area contributed by atoms with Gasteiger partial charge >= 0.3 is 6.09 Å². The summed E-state index contributed by atoms with van der Waals surface area (Å²) in [6, 6.07) is 4.07. The standard InChI is InChI=1S/C17H28N4O2/c1-7-14(20-16(22)23-17(3,4)5)11-19-10-13-8-15(9-18)21(6)12(13)2/h8,14,19H,7,10-11H2,1-6H3,(H,20,22). The van der Waals surface area contributed by atoms with Crippen LogP contribution in [0.25, 0.3) is 0 Å². The maximum atomic E-state index is 11.8. The minimum atomic E-state index is -0.495. The lowest BCUT2D eigenvalue weighted by molar-refractivity contribution is 0.0502. The summed E-state index contributed by atoms with van der Waals surface area (Å²) in [7, 11) is 1.89. The van der Waals surface area contributed by atoms with E-state index in [1.54, 1.807) is 0 Å². The lowest BCUT2D eigenvalue weighted by Crippen LogP contribution is -2.43. The molecular weight excluding hydrogens is 292 g/mol. The summed E-state index contributed by atoms with van der Waals surface area (Å²) in [6.45, 7) is 10.9. The van der Waals surface area contributed by atoms with Crippen molar-refractivity contribution in [1.82, 2.24) is 15.2 Å². The molecule has 1 aromatic rings. The average Bonchev–Trinajstić information content (AvgIpc) is 2.72. The molecule has 1 unspecified atom stereocenters. The number of amides is 1. The Morgan fingerprint density at radius 3 is 2.61 bits per heavy atom. The number of hydrogen-bond donors (Lipinski definition) is 2. The van der Waals surface area contributed by atoms with Crippen molar-refractivity contribution in [1.29, 1.82) is 5.26 Å². The van der Waals surface area contributed by atoms with Gasteiger partial charge in [0.15, 0.2) is 0 Å². The number of nitrogens with one attached hydrogen (secondary N) is 2. The Morgan fingerprint density at radius 1 is 1.48 bits per heavy atom. The molecule has 2 N–H and O–H groups in total. The number of hydrogen-bond acceptors (Lipinski definition) is 4. The highest BCUT2D eigenvalue weighted by atomic mass is 16.6. The third kappa shape index (κ3) is 5.95. The van der Waals surface area contributed by atoms with Gasteiger partial charge in [-0.3, -0.25) is 0 Å². The molecule has 0 bridgehead atoms. The first-order chi connectivity index (χ1) is 10.7. The van der Waals surface area contributed by atoms with Crippen molar-refractivity contribution in [2.75, 3.05) is 6.54 Å². The minimum Gasteiger partial charge on any atom is -0.444 e. The Hall–Kier alpha value is -2.00. The van der Waals surface area contributed by atoms with Crippen LogP contribution in [0.1, 0.15) is 51.1 Å². The van der Waals surface area contributed by atoms with Gasteiger partial charge in [0.05, 0.1) is 0 Å². The first-order valence-corrected chi connectivity index (χ1v) is 7.93. The quantitative estimate of drug-likeness (QED) is 0.844. The molecule has 0 aliphatic rings. The van der Waals surface area contributed by atoms with Crippen molar-refractivity contribution in [3.63, 3.8) is 0 Å². The second-order valence-electron chi connectivity index (χ2n) is 6.69. The number of carbonyl (C=O) groups is 1. The van der Waals surface area contributed by atoms with Gasteiger partial charge in [0.1, 0.15) is 17.4 Å². The van der Waals surface area contributed by atoms with Gasteiger partial charge in [0, 0.05) is 31.9 Å². The third-order valence-electron chi connectivity index (χ3n) is 3.67. The Bertz CT molecular complexity index is 579. The molecule has 1 heterocycles. The van der Waals surface area contributed by atoms with Crippen molar-refractivity contribution in [2.24, 2.45) is 7.05 Å². The molecule has 0 aliphatic carbocycles. The van der Waals surface area contributed by atoms with Crippen molar-refractivity contribution in [3.8, 4) is 6.07 Å². The lowest BCUT2D eigenvalue weighted by Gasteiger charge is -2.23. The van der Waals surface area contributed by atoms with E-state index in [2.05, 4.69) is 16.7 Å². The van der Waals surface area contributed by atoms with E-state index < -0.39 is 11.7 Å². The molecule has 0 aromatic carbocycles. The number of ether oxygens (including phenoxy) is 1. The Balaban J connectivity index is 2.50. The molecule has 0 saturated carbocycles. The molecule has 0 fully saturated rings. The van der Waals surface area contributed by atoms with Crippen molar-refractivity contribution < 1.29 is 9.53 Å². The maximum absolute atomic E-state index is 11.8. The van der Waals surface area contributed by atoms with Crippen LogP contribution in [0.4, 0.5) is 4.79 Å². The lowest BCUT2D eigenvalue weighted by atomic mass is 10.2. The number of nitriles is 1. The van der Waals surface area contributed by atoms with Gasteiger partial charge in [-0.1, -0.05) is 6.92 Å². The number of nitrogens with zero attached hydrogens (tertiary/aromatic N) is 2. The molecule has 128 valence electrons. The molecule has 1 aromatic heterocycles. The normalized spacial score (nSPS) is 12.6. The average molecular weight is 320 g/mol. The van der Waals surface area contributed by atoms with Crippen LogP contribution in [0.3, 0.4) is 0 Å². The highest BCUT2D eigenvalue weighted by molar-refractivity contribution is 5.68. The van der Waals surface area contributed by atoms with E-state index in [4.69, 9.17) is 10.00 Å². The zero-order valence-electron chi connectivity index (χ0n) is 15.0. The fourth-order valence-corrected chi connectivity index (χ4v) is 2.20. The minimum absolute atomic E-state index is 0.00399. The van der Waals surface area contributed by atoms with Crippen LogP contribution in [-0.2, 0) is 18.3 Å². The Morgan fingerprint density at radius 2 is 2.13 bits per heavy atom. The molecular formula is C17H28N4O2. The van der Waals surface area contributed by atoms with Crippen LogP contribution < -0.4 is 10.6 Å². The van der Waals surface area contributed by atoms with Crippen LogP contribution in [0, 0.1) is 18.3 Å². The van der Waals surface area contributed by atoms with Gasteiger partial charge in [-0.2, -0.15) is 5.26 Å². The van der Waals surface area contributed by atoms with Crippen LogP contribution in [0.15, 0.2) is 6.07 Å². The van der Waals surface area contributed by atoms with E-state index in [1.165, 1.54) is 0 Å². The van der Waals surface area contributed by atoms with Crippen LogP contribution in [0.5, 0.6) is 0 Å². The molecule has 6 nitrogen and oxygen atoms in total. The van der Waals surface area contributed by atoms with Gasteiger partial charge in [-0.15, -0.1) is 0 Å². The summed E-state index contributed by atoms with van der Waals surface area (Å²) in [5.74, 6) is 0. The van der Waals surface area contributed by atoms with Gasteiger partial charge in [0.25, 0.3) is 0 Å². The summed E-state index contributed by atoms with van der Waals surface area (Å²) in [6.07, 6.45) is 0.414. The van der Waals surface area contributed by atoms with E-state index >= 15 is 0 Å². The summed E-state index contributed by atoms with van der Waals surface area (Å²) in [4.78, 5) is 11.8. The highest BCUT2D eigenvalue weighted by Gasteiger charge is 2.18. The monoisotopic (exact) mass is 320 g/mol. The molecule has 1 amide bonds. The van der Waals surface area contributed by atoms with Gasteiger partial charge in [-0.25, -0.2) is 4.79 Å². The van der Waals surface area contributed by atoms with E-state index in [-0.39, 0.29) is 6.04 Å². The maximum Gasteiger partial charge on any atom is 0.407 e. The third-order valence-corrected chi connectivity index (χ3v) is 3.67. The zero-order valence-corrected chi connectivity index (χ0v) is 15.0. The molecule has 0 saturated heterocycles. The van der Waals surface area contributed by atoms with Crippen molar-refractivity contribution >= 4 is 6.09 Å². The number of carbonyl (C=O) groups excluding carboxylic acids is 1. The van der Waals surface area contributed by atoms with Crippen LogP contribution in [0.2, 0.25) is 0 Å². The van der Waals surface area contributed by atoms with E-state index in [9.17, 15) is 4.79 Å². The molecule has 1 rings (SSSR count). The second-order valence-corrected chi connectivity index (χ2v) is 6.69. The SMILES string of the molecule is CCC(CNCc1cc(C#N)n(C)c1C)NC(=O)OC(C)(C)C. The van der Waals surface area contributed by atoms with E-state index in [0.29, 0.717) is 18.8 Å². The zero-order chi connectivity index (χ0) is 17.6. The van der Waals surface area contributed by atoms with Crippen molar-refractivity contribution in [2.45, 2.75) is 59.2 Å². The predicted molar refractivity (Wildman–Crippen MR) is 90.0 cm³/mol. The smallest absolute Gasteiger partial charge is 0.407 e. The van der Waals surface area contributed by atoms with Crippen molar-refractivity contribution in [3.05, 3.63) is 23.0 Å². The number of rotatable bonds is 6. The van der Waals surface area contributed by atoms with Gasteiger partial charge in [-0.05, 0) is 45.7 Å². The summed E-state index contributed by atoms with van der Waals surface area (Å²) in [5.41, 5.74) is 2.32. The summed E-state index contributed by atoms with van der Waals surface area (Å²) >= 11 is 0. The fraction of sp³-hybridized carbons (Fsp3) is 0.647. The van der Waals surface area contributed by atoms with Crippen LogP contribution in [-0.4, -0.2) is 28.8 Å². The fourth-order valence-electron chi connectivity index (χ4n) is 2.20. The predicted octanol–water partition coefficient (Wildman–Crippen LogP) is 2.60. The van der Waals surface area contributed by atoms with E-state index in [1.807, 2.05) is 52.3 Å². The topological polar surface area (TPSA) is 79.1 Å². The first-order valence-electron chi connectivity index (χ1n) is 7.93. The molecule has 1 atom stereocenters. The molecule has 0 aliphatic heterocycles. The largest absolute Gasteiger partial charge is 0.444 e. The molecule has 6 heteroatoms. The van der Waals surface area contributed by atoms with Gasteiger partial charge in [0.2, 0.25) is 0 Å². The molecule has 0 spiro atoms. The molecule has 0 radical (unpaired) electrons. The second kappa shape index (κ2) is 8.02. The Labute approximate surface area is 138 Å². The summed E-state index contributed by atoms with van der Waals surface area (Å²) < 4.78 is 7.15. The van der Waals surface area contributed by atoms with Gasteiger partial charge < -0.3 is 19.9 Å². The van der Waals surface area contributed by atoms with Crippen LogP contribution >= 0.6 is 0 Å². The molecule has 23 heavy (non-hydrogen) atoms. The number of aromatic nitrogens is 1. The van der Waals surface area contributed by atoms with E-state index in [0.717, 1.165) is 17.7 Å². The number of alkyl carbamates (subject to hydrolysis) is 1. The highest BCUT2D eigenvalue weighted by Crippen LogP contribution is 2.13. The first kappa shape index (κ1) is 19.0. The Kier molecular flexibility index (Phi) is 6.64.